The van der Waals surface area contributed by atoms with E-state index in [1.807, 2.05) is 36.3 Å². The Morgan fingerprint density at radius 3 is 2.89 bits per heavy atom. The molecule has 100 valence electrons. The van der Waals surface area contributed by atoms with E-state index in [9.17, 15) is 0 Å². The van der Waals surface area contributed by atoms with Gasteiger partial charge in [-0.05, 0) is 36.6 Å². The van der Waals surface area contributed by atoms with Crippen LogP contribution in [0.4, 0.5) is 5.69 Å². The molecule has 0 aliphatic carbocycles. The second-order valence-corrected chi connectivity index (χ2v) is 5.05. The molecule has 4 nitrogen and oxygen atoms in total. The topological polar surface area (TPSA) is 55.9 Å². The number of hydrogen-bond acceptors (Lipinski definition) is 3. The van der Waals surface area contributed by atoms with Crippen LogP contribution in [0.15, 0.2) is 30.6 Å². The van der Waals surface area contributed by atoms with Crippen LogP contribution in [-0.2, 0) is 13.5 Å². The van der Waals surface area contributed by atoms with Crippen molar-refractivity contribution in [1.82, 2.24) is 9.78 Å². The fraction of sp³-hybridized carbons (Fsp3) is 0.286. The Labute approximate surface area is 118 Å². The van der Waals surface area contributed by atoms with Gasteiger partial charge < -0.3 is 11.1 Å². The molecule has 0 fully saturated rings. The van der Waals surface area contributed by atoms with E-state index in [1.165, 1.54) is 11.1 Å². The summed E-state index contributed by atoms with van der Waals surface area (Å²) in [7, 11) is 1.92. The average molecular weight is 274 g/mol. The largest absolute Gasteiger partial charge is 0.389 e. The van der Waals surface area contributed by atoms with Gasteiger partial charge in [-0.25, -0.2) is 0 Å². The summed E-state index contributed by atoms with van der Waals surface area (Å²) in [4.78, 5) is 0.420. The predicted octanol–water partition coefficient (Wildman–Crippen LogP) is 2.02. The molecule has 1 aromatic heterocycles. The van der Waals surface area contributed by atoms with Crippen LogP contribution in [0.1, 0.15) is 16.7 Å². The zero-order chi connectivity index (χ0) is 13.8. The summed E-state index contributed by atoms with van der Waals surface area (Å²) in [5, 5.41) is 7.54. The van der Waals surface area contributed by atoms with E-state index in [4.69, 9.17) is 18.0 Å². The van der Waals surface area contributed by atoms with E-state index in [2.05, 4.69) is 23.4 Å². The highest BCUT2D eigenvalue weighted by Gasteiger charge is 2.05. The van der Waals surface area contributed by atoms with Crippen molar-refractivity contribution >= 4 is 22.9 Å². The van der Waals surface area contributed by atoms with Crippen LogP contribution >= 0.6 is 12.2 Å². The fourth-order valence-corrected chi connectivity index (χ4v) is 2.14. The number of thiocarbonyl (C=S) groups is 1. The second kappa shape index (κ2) is 5.84. The lowest BCUT2D eigenvalue weighted by atomic mass is 10.1. The molecule has 5 heteroatoms. The van der Waals surface area contributed by atoms with Crippen LogP contribution in [0.3, 0.4) is 0 Å². The molecule has 0 radical (unpaired) electrons. The standard InChI is InChI=1S/C14H18N4S/c1-10-3-4-12(14(15)19)13(7-10)16-6-5-11-8-17-18(2)9-11/h3-4,7-9,16H,5-6H2,1-2H3,(H2,15,19). The molecule has 0 aliphatic rings. The number of nitrogens with zero attached hydrogens (tertiary/aromatic N) is 2. The van der Waals surface area contributed by atoms with Crippen LogP contribution < -0.4 is 11.1 Å². The van der Waals surface area contributed by atoms with Crippen molar-refractivity contribution in [3.63, 3.8) is 0 Å². The predicted molar refractivity (Wildman–Crippen MR) is 82.5 cm³/mol. The van der Waals surface area contributed by atoms with Crippen LogP contribution in [-0.4, -0.2) is 21.3 Å². The first-order chi connectivity index (χ1) is 9.06. The lowest BCUT2D eigenvalue weighted by molar-refractivity contribution is 0.767. The first-order valence-electron chi connectivity index (χ1n) is 6.18. The molecule has 3 N–H and O–H groups in total. The molecule has 0 aliphatic heterocycles. The molecule has 0 amide bonds. The Morgan fingerprint density at radius 2 is 2.26 bits per heavy atom. The third-order valence-electron chi connectivity index (χ3n) is 2.93. The summed E-state index contributed by atoms with van der Waals surface area (Å²) < 4.78 is 1.81. The number of benzene rings is 1. The zero-order valence-corrected chi connectivity index (χ0v) is 12.0. The summed E-state index contributed by atoms with van der Waals surface area (Å²) in [6.07, 6.45) is 4.82. The maximum Gasteiger partial charge on any atom is 0.106 e. The van der Waals surface area contributed by atoms with Crippen molar-refractivity contribution in [3.05, 3.63) is 47.3 Å². The highest BCUT2D eigenvalue weighted by Crippen LogP contribution is 2.17. The van der Waals surface area contributed by atoms with E-state index in [-0.39, 0.29) is 0 Å². The number of hydrogen-bond donors (Lipinski definition) is 2. The quantitative estimate of drug-likeness (QED) is 0.819. The minimum Gasteiger partial charge on any atom is -0.389 e. The maximum absolute atomic E-state index is 5.73. The third kappa shape index (κ3) is 3.54. The monoisotopic (exact) mass is 274 g/mol. The summed E-state index contributed by atoms with van der Waals surface area (Å²) in [5.74, 6) is 0. The third-order valence-corrected chi connectivity index (χ3v) is 3.15. The highest BCUT2D eigenvalue weighted by molar-refractivity contribution is 7.80. The molecule has 0 spiro atoms. The number of aromatic nitrogens is 2. The van der Waals surface area contributed by atoms with Gasteiger partial charge in [0.2, 0.25) is 0 Å². The first kappa shape index (κ1) is 13.5. The molecule has 0 bridgehead atoms. The van der Waals surface area contributed by atoms with Crippen LogP contribution in [0.25, 0.3) is 0 Å². The molecule has 0 atom stereocenters. The number of aryl methyl sites for hydroxylation is 2. The molecule has 2 aromatic rings. The van der Waals surface area contributed by atoms with Gasteiger partial charge in [0.25, 0.3) is 0 Å². The van der Waals surface area contributed by atoms with Gasteiger partial charge in [0.15, 0.2) is 0 Å². The average Bonchev–Trinajstić information content (AvgIpc) is 2.75. The molecule has 1 heterocycles. The molecule has 2 rings (SSSR count). The summed E-state index contributed by atoms with van der Waals surface area (Å²) in [5.41, 5.74) is 10.0. The van der Waals surface area contributed by atoms with Crippen LogP contribution in [0.2, 0.25) is 0 Å². The molecular weight excluding hydrogens is 256 g/mol. The number of nitrogens with two attached hydrogens (primary N) is 1. The summed E-state index contributed by atoms with van der Waals surface area (Å²) >= 11 is 5.06. The Balaban J connectivity index is 2.02. The van der Waals surface area contributed by atoms with Crippen molar-refractivity contribution in [2.45, 2.75) is 13.3 Å². The van der Waals surface area contributed by atoms with E-state index in [0.717, 1.165) is 24.2 Å². The van der Waals surface area contributed by atoms with Gasteiger partial charge in [-0.15, -0.1) is 0 Å². The Morgan fingerprint density at radius 1 is 1.47 bits per heavy atom. The molecule has 0 saturated carbocycles. The Hall–Kier alpha value is -1.88. The van der Waals surface area contributed by atoms with Crippen LogP contribution in [0.5, 0.6) is 0 Å². The van der Waals surface area contributed by atoms with E-state index in [0.29, 0.717) is 4.99 Å². The fourth-order valence-electron chi connectivity index (χ4n) is 1.96. The van der Waals surface area contributed by atoms with E-state index < -0.39 is 0 Å². The molecule has 1 aromatic carbocycles. The van der Waals surface area contributed by atoms with Crippen molar-refractivity contribution in [3.8, 4) is 0 Å². The summed E-state index contributed by atoms with van der Waals surface area (Å²) in [6.45, 7) is 2.88. The minimum atomic E-state index is 0.420. The van der Waals surface area contributed by atoms with E-state index in [1.54, 1.807) is 0 Å². The normalized spacial score (nSPS) is 10.4. The van der Waals surface area contributed by atoms with Gasteiger partial charge >= 0.3 is 0 Å². The smallest absolute Gasteiger partial charge is 0.106 e. The molecular formula is C14H18N4S. The van der Waals surface area contributed by atoms with Crippen molar-refractivity contribution in [1.29, 1.82) is 0 Å². The Kier molecular flexibility index (Phi) is 4.16. The molecule has 0 unspecified atom stereocenters. The Bertz CT molecular complexity index is 589. The lowest BCUT2D eigenvalue weighted by Gasteiger charge is -2.11. The number of nitrogens with one attached hydrogen (secondary N) is 1. The van der Waals surface area contributed by atoms with Crippen LogP contribution in [0, 0.1) is 6.92 Å². The van der Waals surface area contributed by atoms with Gasteiger partial charge in [0.1, 0.15) is 4.99 Å². The lowest BCUT2D eigenvalue weighted by Crippen LogP contribution is -2.14. The SMILES string of the molecule is Cc1ccc(C(N)=S)c(NCCc2cnn(C)c2)c1. The number of rotatable bonds is 5. The highest BCUT2D eigenvalue weighted by atomic mass is 32.1. The minimum absolute atomic E-state index is 0.420. The molecule has 19 heavy (non-hydrogen) atoms. The maximum atomic E-state index is 5.73. The van der Waals surface area contributed by atoms with Gasteiger partial charge in [-0.1, -0.05) is 18.3 Å². The first-order valence-corrected chi connectivity index (χ1v) is 6.59. The zero-order valence-electron chi connectivity index (χ0n) is 11.2. The van der Waals surface area contributed by atoms with Crippen molar-refractivity contribution < 1.29 is 0 Å². The van der Waals surface area contributed by atoms with Gasteiger partial charge in [-0.3, -0.25) is 4.68 Å². The van der Waals surface area contributed by atoms with Gasteiger partial charge in [0.05, 0.1) is 6.20 Å². The molecule has 0 saturated heterocycles. The van der Waals surface area contributed by atoms with Crippen molar-refractivity contribution in [2.24, 2.45) is 12.8 Å². The van der Waals surface area contributed by atoms with Crippen molar-refractivity contribution in [2.75, 3.05) is 11.9 Å². The van der Waals surface area contributed by atoms with Gasteiger partial charge in [0, 0.05) is 31.0 Å². The second-order valence-electron chi connectivity index (χ2n) is 4.61. The summed E-state index contributed by atoms with van der Waals surface area (Å²) in [6, 6.07) is 6.04. The van der Waals surface area contributed by atoms with E-state index >= 15 is 0 Å². The van der Waals surface area contributed by atoms with Gasteiger partial charge in [-0.2, -0.15) is 5.10 Å². The number of anilines is 1.